The number of nitrogens with zero attached hydrogens (tertiary/aromatic N) is 6. The molecule has 0 bridgehead atoms. The van der Waals surface area contributed by atoms with Crippen molar-refractivity contribution < 1.29 is 97.7 Å². The molecule has 3 aromatic carbocycles. The number of aliphatic hydroxyl groups is 6. The summed E-state index contributed by atoms with van der Waals surface area (Å²) in [4.78, 5) is 53.3. The van der Waals surface area contributed by atoms with Crippen molar-refractivity contribution in [3.63, 3.8) is 0 Å². The Morgan fingerprint density at radius 2 is 0.635 bits per heavy atom. The number of alkyl halides is 12. The van der Waals surface area contributed by atoms with Crippen LogP contribution in [0.25, 0.3) is 0 Å². The summed E-state index contributed by atoms with van der Waals surface area (Å²) in [6.07, 6.45) is -13.7. The van der Waals surface area contributed by atoms with Gasteiger partial charge in [0, 0.05) is 139 Å². The summed E-state index contributed by atoms with van der Waals surface area (Å²) in [7, 11) is 0. The van der Waals surface area contributed by atoms with Crippen molar-refractivity contribution >= 4 is 78.4 Å². The molecule has 6 heterocycles. The number of nitrogens with one attached hydrogen (secondary N) is 3. The second-order valence-corrected chi connectivity index (χ2v) is 23.0. The molecular weight excluding hydrogens is 1360 g/mol. The topological polar surface area (TPSA) is 292 Å². The Bertz CT molecular complexity index is 3170. The van der Waals surface area contributed by atoms with Gasteiger partial charge in [-0.05, 0) is 91.0 Å². The summed E-state index contributed by atoms with van der Waals surface area (Å²) < 4.78 is 160. The number of anilines is 3. The van der Waals surface area contributed by atoms with Crippen molar-refractivity contribution in [3.8, 4) is 0 Å². The number of benzene rings is 3. The Kier molecular flexibility index (Phi) is 28.6. The minimum absolute atomic E-state index is 0. The number of aromatic nitrogens is 3. The van der Waals surface area contributed by atoms with Crippen molar-refractivity contribution in [2.24, 2.45) is 0 Å². The zero-order valence-electron chi connectivity index (χ0n) is 49.8. The fourth-order valence-electron chi connectivity index (χ4n) is 9.95. The number of pyridine rings is 3. The SMILES string of the molecule is C.N.O=C(Nc1ccc(C(F)(F)F)cc1)N1CCC(F)(c2ncc(C(O)CO)cc2Cl)CC1.O=C(Nc1ccc(C(F)(F)F)cc1)N1CCC(F)(c2ncc([C@@H](O)CO)cc2Cl)CC1.O=C(Nc1ccc(C(F)(F)F)cc1)N1CCC(F)(c2ncc([C@H](O)CO)cc2Cl)CC1.[B]. The molecule has 0 saturated carbocycles. The molecule has 3 fully saturated rings. The lowest BCUT2D eigenvalue weighted by molar-refractivity contribution is -0.138. The lowest BCUT2D eigenvalue weighted by Crippen LogP contribution is -2.45. The van der Waals surface area contributed by atoms with Gasteiger partial charge in [0.25, 0.3) is 0 Å². The molecule has 3 aliphatic heterocycles. The summed E-state index contributed by atoms with van der Waals surface area (Å²) in [6, 6.07) is 14.4. The largest absolute Gasteiger partial charge is 0.416 e. The maximum Gasteiger partial charge on any atom is 0.416 e. The van der Waals surface area contributed by atoms with Crippen LogP contribution in [0.4, 0.5) is 84.1 Å². The van der Waals surface area contributed by atoms with Crippen LogP contribution < -0.4 is 22.1 Å². The second kappa shape index (κ2) is 33.8. The molecule has 1 unspecified atom stereocenters. The third-order valence-electron chi connectivity index (χ3n) is 15.5. The van der Waals surface area contributed by atoms with Gasteiger partial charge in [-0.25, -0.2) is 27.6 Å². The molecule has 96 heavy (non-hydrogen) atoms. The van der Waals surface area contributed by atoms with E-state index in [4.69, 9.17) is 50.1 Å². The van der Waals surface area contributed by atoms with Gasteiger partial charge < -0.3 is 67.4 Å². The molecule has 3 aliphatic rings. The van der Waals surface area contributed by atoms with Gasteiger partial charge in [-0.3, -0.25) is 15.0 Å². The third-order valence-corrected chi connectivity index (χ3v) is 16.3. The Morgan fingerprint density at radius 1 is 0.438 bits per heavy atom. The zero-order valence-corrected chi connectivity index (χ0v) is 52.0. The van der Waals surface area contributed by atoms with Crippen molar-refractivity contribution in [3.05, 3.63) is 175 Å². The van der Waals surface area contributed by atoms with E-state index in [1.165, 1.54) is 51.5 Å². The summed E-state index contributed by atoms with van der Waals surface area (Å²) >= 11 is 18.4. The van der Waals surface area contributed by atoms with Crippen molar-refractivity contribution in [1.29, 1.82) is 0 Å². The van der Waals surface area contributed by atoms with Crippen molar-refractivity contribution in [1.82, 2.24) is 35.8 Å². The molecule has 19 nitrogen and oxygen atoms in total. The van der Waals surface area contributed by atoms with Crippen molar-refractivity contribution in [2.75, 3.05) is 75.0 Å². The van der Waals surface area contributed by atoms with Gasteiger partial charge in [0.2, 0.25) is 0 Å². The molecule has 9 rings (SSSR count). The van der Waals surface area contributed by atoms with E-state index in [2.05, 4.69) is 30.9 Å². The number of rotatable bonds is 12. The fourth-order valence-corrected chi connectivity index (χ4v) is 11.0. The monoisotopic (exact) mass is 1430 g/mol. The maximum absolute atomic E-state index is 15.5. The van der Waals surface area contributed by atoms with Crippen LogP contribution >= 0.6 is 34.8 Å². The van der Waals surface area contributed by atoms with Gasteiger partial charge in [-0.1, -0.05) is 42.2 Å². The van der Waals surface area contributed by atoms with Crippen molar-refractivity contribution in [2.45, 2.75) is 99.8 Å². The van der Waals surface area contributed by atoms with Crippen LogP contribution in [0.3, 0.4) is 0 Å². The number of halogens is 15. The lowest BCUT2D eigenvalue weighted by Gasteiger charge is -2.36. The van der Waals surface area contributed by atoms with Crippen LogP contribution in [-0.2, 0) is 35.5 Å². The number of urea groups is 3. The fraction of sp³-hybridized carbons (Fsp3) is 0.410. The Hall–Kier alpha value is -7.27. The van der Waals surface area contributed by atoms with E-state index < -0.39 is 108 Å². The van der Waals surface area contributed by atoms with Gasteiger partial charge in [0.05, 0.1) is 68.7 Å². The number of likely N-dealkylation sites (tertiary alicyclic amines) is 3. The second-order valence-electron chi connectivity index (χ2n) is 21.8. The molecule has 3 atom stereocenters. The Labute approximate surface area is 559 Å². The van der Waals surface area contributed by atoms with Crippen LogP contribution in [0.15, 0.2) is 110 Å². The number of carbonyl (C=O) groups excluding carboxylic acids is 3. The number of piperidine rings is 3. The summed E-state index contributed by atoms with van der Waals surface area (Å²) in [5.74, 6) is 0. The maximum atomic E-state index is 15.5. The molecule has 6 aromatic rings. The summed E-state index contributed by atoms with van der Waals surface area (Å²) in [5.41, 5.74) is -6.81. The first-order chi connectivity index (χ1) is 43.6. The smallest absolute Gasteiger partial charge is 0.393 e. The van der Waals surface area contributed by atoms with Crippen LogP contribution in [-0.4, -0.2) is 146 Å². The third kappa shape index (κ3) is 20.6. The Balaban J connectivity index is 0.000000302. The standard InChI is InChI=1S/3C20H20ClF4N3O3.CH4.B.H3N/c3*21-15-9-12(16(30)11-29)10-26-17(15)19(22)5-7-28(8-6-19)18(31)27-14-3-1-13(2-4-14)20(23,24)25;;;/h3*1-4,9-10,16,29-30H,5-8,11H2,(H,27,31);1H4;;1H3/t2*16-;;;;/m10..../s1. The van der Waals surface area contributed by atoms with E-state index in [1.54, 1.807) is 0 Å². The van der Waals surface area contributed by atoms with E-state index in [-0.39, 0.29) is 166 Å². The molecule has 35 heteroatoms. The summed E-state index contributed by atoms with van der Waals surface area (Å²) in [6.45, 7) is -1.32. The molecule has 0 spiro atoms. The number of amides is 6. The average molecular weight is 1430 g/mol. The minimum atomic E-state index is -4.47. The highest BCUT2D eigenvalue weighted by molar-refractivity contribution is 6.32. The molecule has 3 radical (unpaired) electrons. The van der Waals surface area contributed by atoms with Gasteiger partial charge >= 0.3 is 36.6 Å². The zero-order chi connectivity index (χ0) is 68.4. The molecule has 3 aromatic heterocycles. The highest BCUT2D eigenvalue weighted by atomic mass is 35.5. The normalized spacial score (nSPS) is 16.8. The van der Waals surface area contributed by atoms with Gasteiger partial charge in [-0.15, -0.1) is 0 Å². The number of aliphatic hydroxyl groups excluding tert-OH is 6. The molecule has 3 saturated heterocycles. The number of hydrogen-bond acceptors (Lipinski definition) is 13. The van der Waals surface area contributed by atoms with Crippen LogP contribution in [0.1, 0.15) is 115 Å². The van der Waals surface area contributed by atoms with Crippen LogP contribution in [0.2, 0.25) is 15.1 Å². The molecule has 6 amide bonds. The van der Waals surface area contributed by atoms with E-state index in [0.717, 1.165) is 72.8 Å². The first kappa shape index (κ1) is 81.2. The first-order valence-electron chi connectivity index (χ1n) is 28.2. The van der Waals surface area contributed by atoms with Crippen LogP contribution in [0, 0.1) is 0 Å². The van der Waals surface area contributed by atoms with Gasteiger partial charge in [0.15, 0.2) is 17.0 Å². The van der Waals surface area contributed by atoms with E-state index >= 15 is 13.2 Å². The Morgan fingerprint density at radius 3 is 0.802 bits per heavy atom. The van der Waals surface area contributed by atoms with Gasteiger partial charge in [-0.2, -0.15) is 39.5 Å². The summed E-state index contributed by atoms with van der Waals surface area (Å²) in [5, 5.41) is 63.4. The molecule has 523 valence electrons. The molecule has 12 N–H and O–H groups in total. The molecule has 0 aliphatic carbocycles. The predicted octanol–water partition coefficient (Wildman–Crippen LogP) is 13.2. The van der Waals surface area contributed by atoms with E-state index in [1.807, 2.05) is 0 Å². The average Bonchev–Trinajstić information content (AvgIpc) is 0.799. The quantitative estimate of drug-likeness (QED) is 0.0403. The predicted molar refractivity (Wildman–Crippen MR) is 334 cm³/mol. The first-order valence-corrected chi connectivity index (χ1v) is 29.3. The van der Waals surface area contributed by atoms with Crippen LogP contribution in [0.5, 0.6) is 0 Å². The molecular formula is C61H67BCl3F12N10O9. The highest BCUT2D eigenvalue weighted by Gasteiger charge is 2.44. The minimum Gasteiger partial charge on any atom is -0.393 e. The highest BCUT2D eigenvalue weighted by Crippen LogP contribution is 2.44. The van der Waals surface area contributed by atoms with E-state index in [9.17, 15) is 69.2 Å². The number of carbonyl (C=O) groups is 3. The van der Waals surface area contributed by atoms with E-state index in [0.29, 0.717) is 0 Å². The van der Waals surface area contributed by atoms with Gasteiger partial charge in [0.1, 0.15) is 18.3 Å². The lowest BCUT2D eigenvalue weighted by atomic mass is 9.89. The number of hydrogen-bond donors (Lipinski definition) is 10.